The molecule has 4 nitrogen and oxygen atoms in total. The molecule has 4 heterocycles. The largest absolute Gasteiger partial charge is 0.458 e. The van der Waals surface area contributed by atoms with Crippen LogP contribution in [0.5, 0.6) is 11.5 Å². The molecule has 2 aromatic heterocycles. The first-order chi connectivity index (χ1) is 32.9. The Kier molecular flexibility index (Phi) is 10.3. The van der Waals surface area contributed by atoms with E-state index in [2.05, 4.69) is 247 Å². The van der Waals surface area contributed by atoms with Gasteiger partial charge in [-0.2, -0.15) is 0 Å². The lowest BCUT2D eigenvalue weighted by molar-refractivity contribution is 0.482. The summed E-state index contributed by atoms with van der Waals surface area (Å²) in [6, 6.07) is 50.4. The molecule has 0 radical (unpaired) electrons. The van der Waals surface area contributed by atoms with Gasteiger partial charge in [0.05, 0.1) is 22.4 Å². The van der Waals surface area contributed by atoms with Crippen molar-refractivity contribution in [1.29, 1.82) is 0 Å². The molecule has 2 aliphatic heterocycles. The zero-order valence-electron chi connectivity index (χ0n) is 43.9. The van der Waals surface area contributed by atoms with Crippen LogP contribution in [0.4, 0.5) is 34.1 Å². The fraction of sp³-hybridized carbons (Fsp3) is 0.312. The summed E-state index contributed by atoms with van der Waals surface area (Å²) in [5, 5.41) is 3.43. The van der Waals surface area contributed by atoms with E-state index in [1.54, 1.807) is 0 Å². The number of thiophene rings is 1. The van der Waals surface area contributed by atoms with Crippen molar-refractivity contribution < 1.29 is 9.15 Å². The van der Waals surface area contributed by atoms with Gasteiger partial charge in [-0.1, -0.05) is 165 Å². The van der Waals surface area contributed by atoms with Crippen molar-refractivity contribution in [1.82, 2.24) is 0 Å². The molecular weight excluding hydrogens is 872 g/mol. The van der Waals surface area contributed by atoms with Crippen LogP contribution >= 0.6 is 11.3 Å². The summed E-state index contributed by atoms with van der Waals surface area (Å²) >= 11 is 1.93. The Balaban J connectivity index is 1.24. The first kappa shape index (κ1) is 46.2. The number of rotatable bonds is 4. The molecule has 354 valence electrons. The molecule has 0 amide bonds. The van der Waals surface area contributed by atoms with Gasteiger partial charge in [0.1, 0.15) is 17.1 Å². The maximum atomic E-state index is 7.26. The number of furan rings is 1. The molecule has 0 spiro atoms. The molecule has 70 heavy (non-hydrogen) atoms. The fourth-order valence-electron chi connectivity index (χ4n) is 10.7. The molecule has 0 fully saturated rings. The topological polar surface area (TPSA) is 28.9 Å². The van der Waals surface area contributed by atoms with Crippen molar-refractivity contribution in [3.8, 4) is 11.5 Å². The highest BCUT2D eigenvalue weighted by Crippen LogP contribution is 2.53. The van der Waals surface area contributed by atoms with E-state index >= 15 is 0 Å². The van der Waals surface area contributed by atoms with Crippen molar-refractivity contribution in [2.75, 3.05) is 9.80 Å². The van der Waals surface area contributed by atoms with E-state index in [4.69, 9.17) is 9.15 Å². The first-order valence-electron chi connectivity index (χ1n) is 25.2. The van der Waals surface area contributed by atoms with Crippen LogP contribution in [0.25, 0.3) is 32.0 Å². The Morgan fingerprint density at radius 1 is 0.486 bits per heavy atom. The summed E-state index contributed by atoms with van der Waals surface area (Å²) in [7, 11) is 0. The molecule has 7 aromatic carbocycles. The van der Waals surface area contributed by atoms with Crippen LogP contribution in [0, 0.1) is 0 Å². The lowest BCUT2D eigenvalue weighted by atomic mass is 9.36. The molecule has 0 N–H and O–H groups in total. The van der Waals surface area contributed by atoms with E-state index in [0.717, 1.165) is 61.9 Å². The normalized spacial score (nSPS) is 14.0. The molecule has 0 saturated heterocycles. The Morgan fingerprint density at radius 3 is 1.64 bits per heavy atom. The Hall–Kier alpha value is -6.24. The number of benzene rings is 7. The summed E-state index contributed by atoms with van der Waals surface area (Å²) < 4.78 is 17.0. The van der Waals surface area contributed by atoms with Crippen molar-refractivity contribution in [2.24, 2.45) is 0 Å². The van der Waals surface area contributed by atoms with Crippen molar-refractivity contribution in [3.63, 3.8) is 0 Å². The highest BCUT2D eigenvalue weighted by Gasteiger charge is 2.46. The second-order valence-corrected chi connectivity index (χ2v) is 26.2. The second-order valence-electron chi connectivity index (χ2n) is 25.1. The van der Waals surface area contributed by atoms with Gasteiger partial charge in [0.25, 0.3) is 6.71 Å². The second kappa shape index (κ2) is 15.6. The van der Waals surface area contributed by atoms with Gasteiger partial charge >= 0.3 is 0 Å². The minimum atomic E-state index is -0.157. The van der Waals surface area contributed by atoms with Crippen LogP contribution in [-0.2, 0) is 27.1 Å². The number of hydrogen-bond acceptors (Lipinski definition) is 5. The molecule has 0 bridgehead atoms. The third-order valence-corrected chi connectivity index (χ3v) is 16.1. The zero-order valence-corrected chi connectivity index (χ0v) is 44.7. The monoisotopic (exact) mass is 939 g/mol. The number of ether oxygens (including phenoxy) is 1. The van der Waals surface area contributed by atoms with Crippen molar-refractivity contribution >= 4 is 99.9 Å². The summed E-state index contributed by atoms with van der Waals surface area (Å²) in [6.45, 7) is 34.5. The summed E-state index contributed by atoms with van der Waals surface area (Å²) in [6.07, 6.45) is 0. The third-order valence-electron chi connectivity index (χ3n) is 14.9. The van der Waals surface area contributed by atoms with Gasteiger partial charge in [0.15, 0.2) is 5.58 Å². The number of anilines is 6. The third kappa shape index (κ3) is 7.55. The highest BCUT2D eigenvalue weighted by molar-refractivity contribution is 7.33. The Morgan fingerprint density at radius 2 is 1.04 bits per heavy atom. The quantitative estimate of drug-likeness (QED) is 0.164. The van der Waals surface area contributed by atoms with Crippen LogP contribution in [0.15, 0.2) is 138 Å². The van der Waals surface area contributed by atoms with Gasteiger partial charge in [-0.25, -0.2) is 0 Å². The summed E-state index contributed by atoms with van der Waals surface area (Å²) in [5.41, 5.74) is 17.0. The maximum Gasteiger partial charge on any atom is 0.268 e. The van der Waals surface area contributed by atoms with Crippen LogP contribution in [0.1, 0.15) is 132 Å². The van der Waals surface area contributed by atoms with Crippen LogP contribution in [0.3, 0.4) is 0 Å². The van der Waals surface area contributed by atoms with Gasteiger partial charge in [-0.15, -0.1) is 11.3 Å². The summed E-state index contributed by atoms with van der Waals surface area (Å²) in [4.78, 5) is 4.99. The predicted octanol–water partition coefficient (Wildman–Crippen LogP) is 17.2. The molecule has 2 aliphatic rings. The SMILES string of the molecule is CC(C)(C)c1ccc(N(c2ccc(C(C)(C)C)cc2)c2ccc(N3c4cc(C(C)(C)C)cc5c4B(c4cc(C(C)(C)C)ccc4O5)c4sc5ccc(C(C)(C)C)cc5c43)c3c2oc2ccccc23)cc1. The fourth-order valence-corrected chi connectivity index (χ4v) is 12.0. The molecule has 9 aromatic rings. The predicted molar refractivity (Wildman–Crippen MR) is 303 cm³/mol. The summed E-state index contributed by atoms with van der Waals surface area (Å²) in [5.74, 6) is 1.87. The van der Waals surface area contributed by atoms with Crippen molar-refractivity contribution in [3.05, 3.63) is 161 Å². The molecule has 0 saturated carbocycles. The van der Waals surface area contributed by atoms with E-state index < -0.39 is 0 Å². The lowest BCUT2D eigenvalue weighted by Crippen LogP contribution is -2.58. The maximum absolute atomic E-state index is 7.26. The molecule has 0 aliphatic carbocycles. The van der Waals surface area contributed by atoms with E-state index in [9.17, 15) is 0 Å². The van der Waals surface area contributed by atoms with Crippen LogP contribution in [-0.4, -0.2) is 6.71 Å². The molecule has 6 heteroatoms. The van der Waals surface area contributed by atoms with E-state index in [-0.39, 0.29) is 33.8 Å². The van der Waals surface area contributed by atoms with Gasteiger partial charge in [0.2, 0.25) is 0 Å². The molecule has 0 atom stereocenters. The van der Waals surface area contributed by atoms with Crippen molar-refractivity contribution in [2.45, 2.75) is 131 Å². The smallest absolute Gasteiger partial charge is 0.268 e. The van der Waals surface area contributed by atoms with E-state index in [1.807, 2.05) is 11.3 Å². The van der Waals surface area contributed by atoms with E-state index in [1.165, 1.54) is 59.3 Å². The number of hydrogen-bond donors (Lipinski definition) is 0. The zero-order chi connectivity index (χ0) is 49.6. The number of nitrogens with zero attached hydrogens (tertiary/aromatic N) is 2. The number of fused-ring (bicyclic) bond motifs is 9. The van der Waals surface area contributed by atoms with Gasteiger partial charge in [0, 0.05) is 37.3 Å². The highest BCUT2D eigenvalue weighted by atomic mass is 32.1. The van der Waals surface area contributed by atoms with Crippen LogP contribution in [0.2, 0.25) is 0 Å². The minimum absolute atomic E-state index is 0.0165. The van der Waals surface area contributed by atoms with Gasteiger partial charge in [-0.05, 0) is 139 Å². The molecular formula is C64H67BN2O2S. The average molecular weight is 939 g/mol. The Labute approximate surface area is 420 Å². The van der Waals surface area contributed by atoms with Crippen LogP contribution < -0.4 is 30.2 Å². The minimum Gasteiger partial charge on any atom is -0.458 e. The van der Waals surface area contributed by atoms with Gasteiger partial charge in [-0.3, -0.25) is 0 Å². The molecule has 11 rings (SSSR count). The lowest BCUT2D eigenvalue weighted by Gasteiger charge is -2.40. The van der Waals surface area contributed by atoms with Gasteiger partial charge < -0.3 is 19.0 Å². The number of para-hydroxylation sites is 1. The average Bonchev–Trinajstić information content (AvgIpc) is 3.87. The molecule has 0 unspecified atom stereocenters. The Bertz CT molecular complexity index is 3480. The first-order valence-corrected chi connectivity index (χ1v) is 26.0. The van der Waals surface area contributed by atoms with E-state index in [0.29, 0.717) is 0 Å². The standard InChI is InChI=1S/C64H67BN2O2S/c1-60(2,3)38-20-26-43(27-21-38)66(44-28-22-39(23-29-44)61(4,5)6)49-31-30-48(55-45-18-16-17-19-51(45)69-58(49)55)67-50-36-42(64(13,14)15)37-53-56(50)65(47-35-41(63(10,11)12)24-32-52(47)68-53)59-57(67)46-34-40(62(7,8)9)25-33-54(46)70-59/h16-37H,1-15H3.